The third-order valence-corrected chi connectivity index (χ3v) is 3.88. The minimum atomic E-state index is 0.0782. The quantitative estimate of drug-likeness (QED) is 0.545. The number of imidazole rings is 1. The molecule has 25 heavy (non-hydrogen) atoms. The molecule has 0 aliphatic rings. The molecule has 0 bridgehead atoms. The number of aryl methyl sites for hydroxylation is 2. The Bertz CT molecular complexity index is 1090. The van der Waals surface area contributed by atoms with Crippen LogP contribution in [0.5, 0.6) is 5.75 Å². The van der Waals surface area contributed by atoms with Crippen molar-refractivity contribution in [1.82, 2.24) is 24.1 Å². The highest BCUT2D eigenvalue weighted by atomic mass is 16.3. The molecule has 122 valence electrons. The molecule has 0 saturated carbocycles. The first-order chi connectivity index (χ1) is 12.1. The van der Waals surface area contributed by atoms with E-state index < -0.39 is 0 Å². The molecule has 0 aliphatic carbocycles. The summed E-state index contributed by atoms with van der Waals surface area (Å²) in [7, 11) is 1.90. The van der Waals surface area contributed by atoms with E-state index in [1.807, 2.05) is 55.1 Å². The van der Waals surface area contributed by atoms with Gasteiger partial charge in [0.2, 0.25) is 5.82 Å². The van der Waals surface area contributed by atoms with Crippen LogP contribution in [0, 0.1) is 18.8 Å². The van der Waals surface area contributed by atoms with Crippen LogP contribution in [-0.2, 0) is 7.05 Å². The Labute approximate surface area is 144 Å². The zero-order chi connectivity index (χ0) is 17.4. The van der Waals surface area contributed by atoms with E-state index in [1.165, 1.54) is 0 Å². The second-order valence-electron chi connectivity index (χ2n) is 5.71. The number of nitrogens with zero attached hydrogens (tertiary/aromatic N) is 5. The second-order valence-corrected chi connectivity index (χ2v) is 5.71. The number of aromatic hydroxyl groups is 1. The summed E-state index contributed by atoms with van der Waals surface area (Å²) in [5, 5.41) is 14.2. The predicted octanol–water partition coefficient (Wildman–Crippen LogP) is 2.54. The Morgan fingerprint density at radius 1 is 1.00 bits per heavy atom. The second kappa shape index (κ2) is 5.80. The lowest BCUT2D eigenvalue weighted by atomic mass is 10.2. The summed E-state index contributed by atoms with van der Waals surface area (Å²) >= 11 is 0. The van der Waals surface area contributed by atoms with Crippen LogP contribution in [0.2, 0.25) is 0 Å². The monoisotopic (exact) mass is 329 g/mol. The van der Waals surface area contributed by atoms with Crippen molar-refractivity contribution in [3.63, 3.8) is 0 Å². The average molecular weight is 329 g/mol. The van der Waals surface area contributed by atoms with E-state index >= 15 is 0 Å². The minimum absolute atomic E-state index is 0.0782. The fourth-order valence-corrected chi connectivity index (χ4v) is 2.56. The largest absolute Gasteiger partial charge is 0.504 e. The van der Waals surface area contributed by atoms with Gasteiger partial charge in [0.15, 0.2) is 17.2 Å². The van der Waals surface area contributed by atoms with Gasteiger partial charge in [-0.3, -0.25) is 0 Å². The molecule has 1 N–H and O–H groups in total. The number of aromatic nitrogens is 5. The fourth-order valence-electron chi connectivity index (χ4n) is 2.56. The van der Waals surface area contributed by atoms with Gasteiger partial charge in [-0.1, -0.05) is 30.3 Å². The Hall–Kier alpha value is -3.59. The van der Waals surface area contributed by atoms with Crippen molar-refractivity contribution in [3.8, 4) is 28.8 Å². The lowest BCUT2D eigenvalue weighted by molar-refractivity contribution is 0.476. The summed E-state index contributed by atoms with van der Waals surface area (Å²) in [5.41, 5.74) is 3.17. The smallest absolute Gasteiger partial charge is 0.226 e. The van der Waals surface area contributed by atoms with E-state index in [1.54, 1.807) is 16.6 Å². The maximum Gasteiger partial charge on any atom is 0.226 e. The lowest BCUT2D eigenvalue weighted by Crippen LogP contribution is -1.93. The van der Waals surface area contributed by atoms with Gasteiger partial charge in [0.1, 0.15) is 0 Å². The molecule has 0 unspecified atom stereocenters. The Morgan fingerprint density at radius 2 is 1.80 bits per heavy atom. The van der Waals surface area contributed by atoms with Crippen molar-refractivity contribution in [1.29, 1.82) is 0 Å². The molecule has 0 aliphatic heterocycles. The average Bonchev–Trinajstić information content (AvgIpc) is 3.22. The first-order valence-corrected chi connectivity index (χ1v) is 7.78. The van der Waals surface area contributed by atoms with Crippen molar-refractivity contribution >= 4 is 5.65 Å². The van der Waals surface area contributed by atoms with Crippen molar-refractivity contribution in [2.24, 2.45) is 7.05 Å². The zero-order valence-corrected chi connectivity index (χ0v) is 13.8. The molecule has 6 heteroatoms. The SMILES string of the molecule is Cc1ccc(O)c2nc(C#Cc3nc(-c4ccccc4)cn3C)nn12. The molecule has 0 radical (unpaired) electrons. The van der Waals surface area contributed by atoms with Gasteiger partial charge >= 0.3 is 0 Å². The van der Waals surface area contributed by atoms with Crippen LogP contribution in [0.25, 0.3) is 16.9 Å². The van der Waals surface area contributed by atoms with Crippen LogP contribution in [0.15, 0.2) is 48.7 Å². The third-order valence-electron chi connectivity index (χ3n) is 3.88. The number of hydrogen-bond donors (Lipinski definition) is 1. The van der Waals surface area contributed by atoms with Gasteiger partial charge in [0, 0.05) is 24.5 Å². The lowest BCUT2D eigenvalue weighted by Gasteiger charge is -1.97. The predicted molar refractivity (Wildman–Crippen MR) is 94.0 cm³/mol. The summed E-state index contributed by atoms with van der Waals surface area (Å²) in [5.74, 6) is 6.97. The van der Waals surface area contributed by atoms with Gasteiger partial charge in [-0.25, -0.2) is 9.50 Å². The minimum Gasteiger partial charge on any atom is -0.504 e. The molecule has 4 rings (SSSR count). The van der Waals surface area contributed by atoms with Crippen LogP contribution in [0.3, 0.4) is 0 Å². The van der Waals surface area contributed by atoms with E-state index in [-0.39, 0.29) is 5.75 Å². The Balaban J connectivity index is 1.71. The summed E-state index contributed by atoms with van der Waals surface area (Å²) in [6.07, 6.45) is 1.94. The van der Waals surface area contributed by atoms with Crippen LogP contribution >= 0.6 is 0 Å². The van der Waals surface area contributed by atoms with Crippen molar-refractivity contribution < 1.29 is 5.11 Å². The molecular weight excluding hydrogens is 314 g/mol. The van der Waals surface area contributed by atoms with Crippen LogP contribution in [0.4, 0.5) is 0 Å². The molecule has 0 saturated heterocycles. The number of fused-ring (bicyclic) bond motifs is 1. The maximum absolute atomic E-state index is 9.88. The molecule has 3 heterocycles. The van der Waals surface area contributed by atoms with E-state index in [2.05, 4.69) is 26.9 Å². The Kier molecular flexibility index (Phi) is 3.47. The highest BCUT2D eigenvalue weighted by Gasteiger charge is 2.08. The van der Waals surface area contributed by atoms with Crippen LogP contribution in [-0.4, -0.2) is 29.3 Å². The van der Waals surface area contributed by atoms with Crippen molar-refractivity contribution in [2.75, 3.05) is 0 Å². The summed E-state index contributed by atoms with van der Waals surface area (Å²) in [6.45, 7) is 1.89. The molecular formula is C19H15N5O. The topological polar surface area (TPSA) is 68.2 Å². The highest BCUT2D eigenvalue weighted by molar-refractivity contribution is 5.59. The number of pyridine rings is 1. The fraction of sp³-hybridized carbons (Fsp3) is 0.105. The molecule has 4 aromatic rings. The van der Waals surface area contributed by atoms with E-state index in [4.69, 9.17) is 0 Å². The van der Waals surface area contributed by atoms with Gasteiger partial charge in [0.25, 0.3) is 0 Å². The number of hydrogen-bond acceptors (Lipinski definition) is 4. The van der Waals surface area contributed by atoms with Gasteiger partial charge in [0.05, 0.1) is 5.69 Å². The number of rotatable bonds is 1. The summed E-state index contributed by atoms with van der Waals surface area (Å²) < 4.78 is 3.45. The molecule has 0 amide bonds. The van der Waals surface area contributed by atoms with Crippen LogP contribution < -0.4 is 0 Å². The zero-order valence-electron chi connectivity index (χ0n) is 13.8. The first-order valence-electron chi connectivity index (χ1n) is 7.78. The summed E-state index contributed by atoms with van der Waals surface area (Å²) in [4.78, 5) is 8.84. The van der Waals surface area contributed by atoms with Gasteiger partial charge < -0.3 is 9.67 Å². The maximum atomic E-state index is 9.88. The van der Waals surface area contributed by atoms with E-state index in [0.717, 1.165) is 17.0 Å². The van der Waals surface area contributed by atoms with E-state index in [9.17, 15) is 5.11 Å². The first kappa shape index (κ1) is 15.0. The molecule has 0 spiro atoms. The Morgan fingerprint density at radius 3 is 2.56 bits per heavy atom. The van der Waals surface area contributed by atoms with Crippen LogP contribution in [0.1, 0.15) is 17.3 Å². The van der Waals surface area contributed by atoms with Gasteiger partial charge in [-0.2, -0.15) is 4.98 Å². The molecule has 0 atom stereocenters. The normalized spacial score (nSPS) is 10.6. The molecule has 3 aromatic heterocycles. The molecule has 1 aromatic carbocycles. The van der Waals surface area contributed by atoms with Gasteiger partial charge in [-0.15, -0.1) is 5.10 Å². The number of benzene rings is 1. The standard InChI is InChI=1S/C19H15N5O/c1-13-8-9-16(25)19-21-17(22-24(13)19)10-11-18-20-15(12-23(18)2)14-6-4-3-5-7-14/h3-9,12,25H,1-2H3. The molecule has 0 fully saturated rings. The third kappa shape index (κ3) is 2.72. The summed E-state index contributed by atoms with van der Waals surface area (Å²) in [6, 6.07) is 13.3. The molecule has 6 nitrogen and oxygen atoms in total. The van der Waals surface area contributed by atoms with Crippen molar-refractivity contribution in [3.05, 3.63) is 66.0 Å². The highest BCUT2D eigenvalue weighted by Crippen LogP contribution is 2.18. The van der Waals surface area contributed by atoms with Gasteiger partial charge in [-0.05, 0) is 30.9 Å². The van der Waals surface area contributed by atoms with E-state index in [0.29, 0.717) is 17.3 Å². The van der Waals surface area contributed by atoms with Crippen molar-refractivity contribution in [2.45, 2.75) is 6.92 Å².